The van der Waals surface area contributed by atoms with Crippen LogP contribution in [-0.4, -0.2) is 18.0 Å². The first kappa shape index (κ1) is 31.5. The summed E-state index contributed by atoms with van der Waals surface area (Å²) in [5, 5.41) is 0. The molecule has 5 radical (unpaired) electrons. The van der Waals surface area contributed by atoms with Crippen LogP contribution in [0.1, 0.15) is 25.3 Å². The van der Waals surface area contributed by atoms with Crippen molar-refractivity contribution in [1.29, 1.82) is 0 Å². The van der Waals surface area contributed by atoms with Crippen molar-refractivity contribution in [2.45, 2.75) is 26.3 Å². The number of nitrogens with zero attached hydrogens (tertiary/aromatic N) is 1. The number of hydrogen-bond donors (Lipinski definition) is 0. The van der Waals surface area contributed by atoms with E-state index in [1.54, 1.807) is 0 Å². The third kappa shape index (κ3) is 13.6. The van der Waals surface area contributed by atoms with E-state index in [2.05, 4.69) is 42.2 Å². The molecule has 0 amide bonds. The van der Waals surface area contributed by atoms with Gasteiger partial charge in [-0.3, -0.25) is 4.90 Å². The van der Waals surface area contributed by atoms with E-state index in [4.69, 9.17) is 0 Å². The normalized spacial score (nSPS) is 17.4. The Morgan fingerprint density at radius 1 is 1.00 bits per heavy atom. The Balaban J connectivity index is -0.000000225. The first-order chi connectivity index (χ1) is 6.84. The average Bonchev–Trinajstić information content (AvgIpc) is 2.19. The number of benzene rings is 1. The standard InChI is InChI=1S/C13H19N.5Y/c1-12-6-5-9-14(10-12)11-13-7-3-2-4-8-13;;;;;/h2-4,7-8,12H,5-6,9-11H2,1H3;;;;;. The molecule has 2 rings (SSSR count). The summed E-state index contributed by atoms with van der Waals surface area (Å²) >= 11 is 0. The zero-order valence-electron chi connectivity index (χ0n) is 11.8. The summed E-state index contributed by atoms with van der Waals surface area (Å²) in [4.78, 5) is 2.57. The molecule has 0 spiro atoms. The van der Waals surface area contributed by atoms with E-state index in [0.717, 1.165) is 12.5 Å². The predicted molar refractivity (Wildman–Crippen MR) is 60.1 cm³/mol. The van der Waals surface area contributed by atoms with E-state index in [-0.39, 0.29) is 164 Å². The Kier molecular flexibility index (Phi) is 31.5. The topological polar surface area (TPSA) is 3.24 Å². The predicted octanol–water partition coefficient (Wildman–Crippen LogP) is 2.91. The van der Waals surface area contributed by atoms with Gasteiger partial charge in [0, 0.05) is 177 Å². The molecule has 91 valence electrons. The van der Waals surface area contributed by atoms with E-state index in [0.29, 0.717) is 0 Å². The first-order valence-corrected chi connectivity index (χ1v) is 5.61. The van der Waals surface area contributed by atoms with Gasteiger partial charge in [-0.25, -0.2) is 0 Å². The van der Waals surface area contributed by atoms with E-state index in [1.165, 1.54) is 31.5 Å². The van der Waals surface area contributed by atoms with Gasteiger partial charge in [-0.2, -0.15) is 0 Å². The molecule has 1 aliphatic rings. The Labute approximate surface area is 244 Å². The minimum atomic E-state index is 0. The fraction of sp³-hybridized carbons (Fsp3) is 0.538. The fourth-order valence-electron chi connectivity index (χ4n) is 2.27. The molecule has 1 atom stereocenters. The van der Waals surface area contributed by atoms with Crippen molar-refractivity contribution in [2.75, 3.05) is 13.1 Å². The van der Waals surface area contributed by atoms with Gasteiger partial charge in [-0.1, -0.05) is 37.3 Å². The minimum absolute atomic E-state index is 0. The largest absolute Gasteiger partial charge is 0.299 e. The van der Waals surface area contributed by atoms with Crippen LogP contribution >= 0.6 is 0 Å². The molecule has 1 heterocycles. The molecule has 1 saturated heterocycles. The number of piperidine rings is 1. The van der Waals surface area contributed by atoms with Crippen LogP contribution in [-0.2, 0) is 170 Å². The van der Waals surface area contributed by atoms with Crippen LogP contribution in [0.5, 0.6) is 0 Å². The van der Waals surface area contributed by atoms with Crippen molar-refractivity contribution in [3.8, 4) is 0 Å². The van der Waals surface area contributed by atoms with Crippen molar-refractivity contribution in [2.24, 2.45) is 5.92 Å². The van der Waals surface area contributed by atoms with Gasteiger partial charge in [-0.05, 0) is 30.9 Å². The third-order valence-electron chi connectivity index (χ3n) is 2.99. The van der Waals surface area contributed by atoms with Crippen molar-refractivity contribution in [1.82, 2.24) is 4.90 Å². The SMILES string of the molecule is CC1CCCN(Cc2ccccc2)C1.[Y].[Y].[Y].[Y].[Y]. The molecule has 1 nitrogen and oxygen atoms in total. The van der Waals surface area contributed by atoms with Gasteiger partial charge in [-0.15, -0.1) is 0 Å². The number of likely N-dealkylation sites (tertiary alicyclic amines) is 1. The quantitative estimate of drug-likeness (QED) is 0.485. The second-order valence-corrected chi connectivity index (χ2v) is 4.47. The van der Waals surface area contributed by atoms with Crippen molar-refractivity contribution >= 4 is 0 Å². The van der Waals surface area contributed by atoms with Gasteiger partial charge in [0.05, 0.1) is 0 Å². The first-order valence-electron chi connectivity index (χ1n) is 5.61. The van der Waals surface area contributed by atoms with Crippen LogP contribution < -0.4 is 0 Å². The summed E-state index contributed by atoms with van der Waals surface area (Å²) in [6.45, 7) is 6.04. The summed E-state index contributed by atoms with van der Waals surface area (Å²) < 4.78 is 0. The van der Waals surface area contributed by atoms with Crippen molar-refractivity contribution in [3.63, 3.8) is 0 Å². The monoisotopic (exact) mass is 634 g/mol. The molecule has 19 heavy (non-hydrogen) atoms. The van der Waals surface area contributed by atoms with Gasteiger partial charge in [0.1, 0.15) is 0 Å². The van der Waals surface area contributed by atoms with Crippen LogP contribution in [0.25, 0.3) is 0 Å². The zero-order chi connectivity index (χ0) is 9.80. The Bertz CT molecular complexity index is 284. The maximum absolute atomic E-state index is 2.57. The van der Waals surface area contributed by atoms with E-state index in [9.17, 15) is 0 Å². The molecule has 6 heteroatoms. The fourth-order valence-corrected chi connectivity index (χ4v) is 2.27. The molecule has 1 aromatic carbocycles. The van der Waals surface area contributed by atoms with E-state index >= 15 is 0 Å². The summed E-state index contributed by atoms with van der Waals surface area (Å²) in [6.07, 6.45) is 2.78. The van der Waals surface area contributed by atoms with Crippen LogP contribution in [0.2, 0.25) is 0 Å². The Morgan fingerprint density at radius 3 is 2.11 bits per heavy atom. The Morgan fingerprint density at radius 2 is 1.58 bits per heavy atom. The van der Waals surface area contributed by atoms with Crippen LogP contribution in [0.3, 0.4) is 0 Å². The molecular formula is C13H19NY5. The molecule has 0 N–H and O–H groups in total. The maximum atomic E-state index is 2.57. The molecule has 1 fully saturated rings. The van der Waals surface area contributed by atoms with Gasteiger partial charge in [0.2, 0.25) is 0 Å². The average molecular weight is 634 g/mol. The second-order valence-electron chi connectivity index (χ2n) is 4.47. The molecule has 0 aromatic heterocycles. The van der Waals surface area contributed by atoms with Gasteiger partial charge in [0.15, 0.2) is 0 Å². The maximum Gasteiger partial charge on any atom is 0.0233 e. The van der Waals surface area contributed by atoms with Crippen LogP contribution in [0, 0.1) is 5.92 Å². The number of hydrogen-bond acceptors (Lipinski definition) is 1. The summed E-state index contributed by atoms with van der Waals surface area (Å²) in [6, 6.07) is 10.8. The molecule has 0 saturated carbocycles. The van der Waals surface area contributed by atoms with Gasteiger partial charge >= 0.3 is 0 Å². The summed E-state index contributed by atoms with van der Waals surface area (Å²) in [5.74, 6) is 0.882. The van der Waals surface area contributed by atoms with E-state index in [1.807, 2.05) is 0 Å². The van der Waals surface area contributed by atoms with Gasteiger partial charge < -0.3 is 0 Å². The van der Waals surface area contributed by atoms with Gasteiger partial charge in [0.25, 0.3) is 0 Å². The summed E-state index contributed by atoms with van der Waals surface area (Å²) in [7, 11) is 0. The second kappa shape index (κ2) is 19.0. The van der Waals surface area contributed by atoms with Crippen LogP contribution in [0.4, 0.5) is 0 Å². The molecular weight excluding hydrogens is 615 g/mol. The minimum Gasteiger partial charge on any atom is -0.299 e. The summed E-state index contributed by atoms with van der Waals surface area (Å²) in [5.41, 5.74) is 1.45. The van der Waals surface area contributed by atoms with Crippen molar-refractivity contribution < 1.29 is 164 Å². The zero-order valence-corrected chi connectivity index (χ0v) is 26.0. The third-order valence-corrected chi connectivity index (χ3v) is 2.99. The van der Waals surface area contributed by atoms with Crippen molar-refractivity contribution in [3.05, 3.63) is 35.9 Å². The molecule has 1 unspecified atom stereocenters. The molecule has 0 aliphatic carbocycles. The smallest absolute Gasteiger partial charge is 0.0233 e. The van der Waals surface area contributed by atoms with E-state index < -0.39 is 0 Å². The Hall–Kier alpha value is 4.70. The molecule has 0 bridgehead atoms. The van der Waals surface area contributed by atoms with Crippen LogP contribution in [0.15, 0.2) is 30.3 Å². The molecule has 1 aromatic rings. The number of rotatable bonds is 2. The molecule has 1 aliphatic heterocycles.